The number of likely N-dealkylation sites (N-methyl/N-ethyl adjacent to an activating group) is 1. The summed E-state index contributed by atoms with van der Waals surface area (Å²) in [6.07, 6.45) is 4.95. The number of nitrogens with two attached hydrogens (primary N) is 1. The van der Waals surface area contributed by atoms with E-state index in [2.05, 4.69) is 48.5 Å². The van der Waals surface area contributed by atoms with Gasteiger partial charge in [0.05, 0.1) is 5.54 Å². The van der Waals surface area contributed by atoms with Gasteiger partial charge in [-0.05, 0) is 32.4 Å². The molecule has 0 aromatic heterocycles. The summed E-state index contributed by atoms with van der Waals surface area (Å²) in [5.41, 5.74) is 6.90. The van der Waals surface area contributed by atoms with Gasteiger partial charge in [-0.3, -0.25) is 9.69 Å². The van der Waals surface area contributed by atoms with E-state index in [0.29, 0.717) is 6.54 Å². The molecule has 22 heavy (non-hydrogen) atoms. The lowest BCUT2D eigenvalue weighted by Gasteiger charge is -2.33. The maximum Gasteiger partial charge on any atom is 0.240 e. The second kappa shape index (κ2) is 7.75. The van der Waals surface area contributed by atoms with Gasteiger partial charge in [-0.15, -0.1) is 0 Å². The normalized spacial score (nSPS) is 18.9. The Kier molecular flexibility index (Phi) is 5.98. The monoisotopic (exact) mass is 303 g/mol. The first-order valence-corrected chi connectivity index (χ1v) is 8.32. The molecule has 0 bridgehead atoms. The summed E-state index contributed by atoms with van der Waals surface area (Å²) in [4.78, 5) is 14.6. The molecule has 4 heteroatoms. The summed E-state index contributed by atoms with van der Waals surface area (Å²) in [6, 6.07) is 10.7. The molecule has 1 aliphatic carbocycles. The number of rotatable bonds is 6. The number of carbonyl (C=O) groups is 1. The Morgan fingerprint density at radius 3 is 2.55 bits per heavy atom. The van der Waals surface area contributed by atoms with Crippen LogP contribution in [-0.2, 0) is 11.3 Å². The SMILES string of the molecule is CC(CNC(=O)C1(N)CCCCC1)N(C)Cc1ccccc1. The van der Waals surface area contributed by atoms with E-state index in [0.717, 1.165) is 32.2 Å². The third-order valence-corrected chi connectivity index (χ3v) is 4.78. The molecule has 1 amide bonds. The van der Waals surface area contributed by atoms with Gasteiger partial charge in [0, 0.05) is 19.1 Å². The van der Waals surface area contributed by atoms with Gasteiger partial charge in [0.25, 0.3) is 0 Å². The van der Waals surface area contributed by atoms with Crippen molar-refractivity contribution in [3.05, 3.63) is 35.9 Å². The molecule has 1 aromatic carbocycles. The standard InChI is InChI=1S/C18H29N3O/c1-15(21(2)14-16-9-5-3-6-10-16)13-20-17(22)18(19)11-7-4-8-12-18/h3,5-6,9-10,15H,4,7-8,11-14,19H2,1-2H3,(H,20,22). The lowest BCUT2D eigenvalue weighted by atomic mass is 9.82. The van der Waals surface area contributed by atoms with E-state index >= 15 is 0 Å². The molecule has 1 aliphatic rings. The van der Waals surface area contributed by atoms with Crippen LogP contribution in [-0.4, -0.2) is 36.0 Å². The lowest BCUT2D eigenvalue weighted by molar-refractivity contribution is -0.127. The highest BCUT2D eigenvalue weighted by Gasteiger charge is 2.35. The van der Waals surface area contributed by atoms with Crippen molar-refractivity contribution in [1.29, 1.82) is 0 Å². The van der Waals surface area contributed by atoms with Gasteiger partial charge in [-0.25, -0.2) is 0 Å². The molecule has 0 heterocycles. The molecule has 3 N–H and O–H groups in total. The largest absolute Gasteiger partial charge is 0.353 e. The van der Waals surface area contributed by atoms with Crippen LogP contribution in [0.15, 0.2) is 30.3 Å². The van der Waals surface area contributed by atoms with Crippen molar-refractivity contribution in [2.75, 3.05) is 13.6 Å². The van der Waals surface area contributed by atoms with Crippen LogP contribution in [0.3, 0.4) is 0 Å². The average Bonchev–Trinajstić information content (AvgIpc) is 2.53. The van der Waals surface area contributed by atoms with Crippen LogP contribution < -0.4 is 11.1 Å². The van der Waals surface area contributed by atoms with Crippen molar-refractivity contribution in [2.45, 2.75) is 57.2 Å². The highest BCUT2D eigenvalue weighted by atomic mass is 16.2. The van der Waals surface area contributed by atoms with E-state index in [-0.39, 0.29) is 11.9 Å². The molecule has 122 valence electrons. The van der Waals surface area contributed by atoms with Gasteiger partial charge < -0.3 is 11.1 Å². The van der Waals surface area contributed by atoms with Crippen LogP contribution >= 0.6 is 0 Å². The van der Waals surface area contributed by atoms with E-state index < -0.39 is 5.54 Å². The zero-order chi connectivity index (χ0) is 16.0. The van der Waals surface area contributed by atoms with E-state index in [1.807, 2.05) is 6.07 Å². The Hall–Kier alpha value is -1.39. The molecule has 1 aromatic rings. The number of amides is 1. The Morgan fingerprint density at radius 2 is 1.91 bits per heavy atom. The van der Waals surface area contributed by atoms with Crippen LogP contribution in [0.5, 0.6) is 0 Å². The van der Waals surface area contributed by atoms with Gasteiger partial charge >= 0.3 is 0 Å². The Balaban J connectivity index is 1.79. The molecule has 0 radical (unpaired) electrons. The zero-order valence-corrected chi connectivity index (χ0v) is 13.8. The summed E-state index contributed by atoms with van der Waals surface area (Å²) < 4.78 is 0. The summed E-state index contributed by atoms with van der Waals surface area (Å²) in [6.45, 7) is 3.65. The minimum atomic E-state index is -0.643. The fourth-order valence-electron chi connectivity index (χ4n) is 3.01. The predicted molar refractivity (Wildman–Crippen MR) is 90.4 cm³/mol. The molecule has 0 spiro atoms. The van der Waals surface area contributed by atoms with Gasteiger partial charge in [0.1, 0.15) is 0 Å². The lowest BCUT2D eigenvalue weighted by Crippen LogP contribution is -2.56. The minimum absolute atomic E-state index is 0.0205. The Labute approximate surface area is 134 Å². The molecule has 1 saturated carbocycles. The number of nitrogens with one attached hydrogen (secondary N) is 1. The average molecular weight is 303 g/mol. The summed E-state index contributed by atoms with van der Waals surface area (Å²) in [5.74, 6) is 0.0205. The van der Waals surface area contributed by atoms with Gasteiger partial charge in [-0.1, -0.05) is 49.6 Å². The molecule has 1 fully saturated rings. The first-order valence-electron chi connectivity index (χ1n) is 8.32. The molecule has 0 saturated heterocycles. The van der Waals surface area contributed by atoms with Crippen LogP contribution in [0.25, 0.3) is 0 Å². The number of hydrogen-bond donors (Lipinski definition) is 2. The smallest absolute Gasteiger partial charge is 0.240 e. The van der Waals surface area contributed by atoms with E-state index in [1.165, 1.54) is 12.0 Å². The Morgan fingerprint density at radius 1 is 1.27 bits per heavy atom. The summed E-state index contributed by atoms with van der Waals surface area (Å²) in [7, 11) is 2.09. The van der Waals surface area contributed by atoms with Crippen LogP contribution in [0.1, 0.15) is 44.6 Å². The van der Waals surface area contributed by atoms with Crippen molar-refractivity contribution in [1.82, 2.24) is 10.2 Å². The Bertz CT molecular complexity index is 468. The van der Waals surface area contributed by atoms with Gasteiger partial charge in [0.15, 0.2) is 0 Å². The first kappa shape index (κ1) is 17.0. The molecule has 4 nitrogen and oxygen atoms in total. The summed E-state index contributed by atoms with van der Waals surface area (Å²) >= 11 is 0. The maximum atomic E-state index is 12.4. The minimum Gasteiger partial charge on any atom is -0.353 e. The fraction of sp³-hybridized carbons (Fsp3) is 0.611. The van der Waals surface area contributed by atoms with Crippen LogP contribution in [0.4, 0.5) is 0 Å². The van der Waals surface area contributed by atoms with Crippen molar-refractivity contribution in [3.63, 3.8) is 0 Å². The quantitative estimate of drug-likeness (QED) is 0.847. The number of carbonyl (C=O) groups excluding carboxylic acids is 1. The van der Waals surface area contributed by atoms with Crippen LogP contribution in [0, 0.1) is 0 Å². The first-order chi connectivity index (χ1) is 10.5. The van der Waals surface area contributed by atoms with Gasteiger partial charge in [-0.2, -0.15) is 0 Å². The maximum absolute atomic E-state index is 12.4. The van der Waals surface area contributed by atoms with E-state index in [9.17, 15) is 4.79 Å². The van der Waals surface area contributed by atoms with Crippen molar-refractivity contribution >= 4 is 5.91 Å². The zero-order valence-electron chi connectivity index (χ0n) is 13.8. The third kappa shape index (κ3) is 4.55. The van der Waals surface area contributed by atoms with Crippen molar-refractivity contribution in [2.24, 2.45) is 5.73 Å². The molecule has 1 unspecified atom stereocenters. The second-order valence-corrected chi connectivity index (χ2v) is 6.68. The highest BCUT2D eigenvalue weighted by Crippen LogP contribution is 2.25. The molecular weight excluding hydrogens is 274 g/mol. The number of hydrogen-bond acceptors (Lipinski definition) is 3. The highest BCUT2D eigenvalue weighted by molar-refractivity contribution is 5.86. The molecule has 1 atom stereocenters. The fourth-order valence-corrected chi connectivity index (χ4v) is 3.01. The summed E-state index contributed by atoms with van der Waals surface area (Å²) in [5, 5.41) is 3.05. The number of nitrogens with zero attached hydrogens (tertiary/aromatic N) is 1. The van der Waals surface area contributed by atoms with Crippen molar-refractivity contribution < 1.29 is 4.79 Å². The van der Waals surface area contributed by atoms with Gasteiger partial charge in [0.2, 0.25) is 5.91 Å². The predicted octanol–water partition coefficient (Wildman–Crippen LogP) is 2.28. The molecule has 0 aliphatic heterocycles. The van der Waals surface area contributed by atoms with E-state index in [4.69, 9.17) is 5.73 Å². The van der Waals surface area contributed by atoms with Crippen LogP contribution in [0.2, 0.25) is 0 Å². The number of benzene rings is 1. The van der Waals surface area contributed by atoms with Crippen molar-refractivity contribution in [3.8, 4) is 0 Å². The second-order valence-electron chi connectivity index (χ2n) is 6.68. The third-order valence-electron chi connectivity index (χ3n) is 4.78. The topological polar surface area (TPSA) is 58.4 Å². The molecule has 2 rings (SSSR count). The van der Waals surface area contributed by atoms with E-state index in [1.54, 1.807) is 0 Å². The molecular formula is C18H29N3O.